The summed E-state index contributed by atoms with van der Waals surface area (Å²) in [6.07, 6.45) is 0.842. The highest BCUT2D eigenvalue weighted by Crippen LogP contribution is 2.23. The molecule has 9 heteroatoms. The molecule has 0 aliphatic heterocycles. The van der Waals surface area contributed by atoms with Crippen LogP contribution in [0.3, 0.4) is 0 Å². The number of hydrogen-bond donors (Lipinski definition) is 0. The van der Waals surface area contributed by atoms with Gasteiger partial charge in [0.25, 0.3) is 0 Å². The summed E-state index contributed by atoms with van der Waals surface area (Å²) in [5, 5.41) is 0.318. The highest BCUT2D eigenvalue weighted by molar-refractivity contribution is 7.89. The molecule has 29 heavy (non-hydrogen) atoms. The van der Waals surface area contributed by atoms with Gasteiger partial charge in [-0.05, 0) is 36.8 Å². The van der Waals surface area contributed by atoms with Crippen LogP contribution in [-0.4, -0.2) is 42.3 Å². The highest BCUT2D eigenvalue weighted by atomic mass is 35.5. The molecule has 0 bridgehead atoms. The molecule has 7 nitrogen and oxygen atoms in total. The van der Waals surface area contributed by atoms with E-state index in [1.165, 1.54) is 20.2 Å². The van der Waals surface area contributed by atoms with Gasteiger partial charge >= 0.3 is 5.97 Å². The Morgan fingerprint density at radius 1 is 1.21 bits per heavy atom. The summed E-state index contributed by atoms with van der Waals surface area (Å²) in [4.78, 5) is 17.0. The maximum Gasteiger partial charge on any atom is 0.340 e. The van der Waals surface area contributed by atoms with Crippen LogP contribution in [0.2, 0.25) is 5.02 Å². The minimum atomic E-state index is -3.57. The summed E-state index contributed by atoms with van der Waals surface area (Å²) in [6, 6.07) is 11.5. The first-order valence-corrected chi connectivity index (χ1v) is 10.9. The third-order valence-corrected chi connectivity index (χ3v) is 6.59. The Kier molecular flexibility index (Phi) is 6.26. The van der Waals surface area contributed by atoms with E-state index in [-0.39, 0.29) is 17.1 Å². The number of esters is 1. The molecular formula is C20H22ClN3O4S. The van der Waals surface area contributed by atoms with E-state index < -0.39 is 16.0 Å². The number of sulfonamides is 1. The second-order valence-electron chi connectivity index (χ2n) is 6.67. The van der Waals surface area contributed by atoms with Crippen LogP contribution in [0.25, 0.3) is 11.0 Å². The molecule has 1 aromatic heterocycles. The monoisotopic (exact) mass is 435 g/mol. The number of halogens is 1. The van der Waals surface area contributed by atoms with E-state index in [0.29, 0.717) is 22.9 Å². The first-order chi connectivity index (χ1) is 13.8. The summed E-state index contributed by atoms with van der Waals surface area (Å²) in [6.45, 7) is 2.64. The molecule has 0 N–H and O–H groups in total. The van der Waals surface area contributed by atoms with E-state index in [2.05, 4.69) is 4.98 Å². The quantitative estimate of drug-likeness (QED) is 0.528. The number of aromatic nitrogens is 2. The van der Waals surface area contributed by atoms with Crippen molar-refractivity contribution >= 4 is 38.6 Å². The van der Waals surface area contributed by atoms with Gasteiger partial charge in [0.2, 0.25) is 10.0 Å². The predicted octanol–water partition coefficient (Wildman–Crippen LogP) is 3.71. The fraction of sp³-hybridized carbons (Fsp3) is 0.300. The van der Waals surface area contributed by atoms with Gasteiger partial charge in [-0.25, -0.2) is 22.5 Å². The van der Waals surface area contributed by atoms with Crippen molar-refractivity contribution in [1.29, 1.82) is 0 Å². The molecule has 0 spiro atoms. The summed E-state index contributed by atoms with van der Waals surface area (Å²) in [7, 11) is -0.605. The second kappa shape index (κ2) is 8.52. The molecule has 0 amide bonds. The lowest BCUT2D eigenvalue weighted by molar-refractivity contribution is 0.0458. The molecule has 0 aliphatic carbocycles. The number of nitrogens with zero attached hydrogens (tertiary/aromatic N) is 3. The van der Waals surface area contributed by atoms with Crippen molar-refractivity contribution < 1.29 is 17.9 Å². The number of rotatable bonds is 7. The number of fused-ring (bicyclic) bond motifs is 1. The Morgan fingerprint density at radius 3 is 2.59 bits per heavy atom. The average molecular weight is 436 g/mol. The van der Waals surface area contributed by atoms with E-state index in [0.717, 1.165) is 16.2 Å². The number of imidazole rings is 1. The summed E-state index contributed by atoms with van der Waals surface area (Å²) < 4.78 is 33.3. The van der Waals surface area contributed by atoms with E-state index in [9.17, 15) is 13.2 Å². The minimum Gasteiger partial charge on any atom is -0.454 e. The molecule has 0 saturated heterocycles. The van der Waals surface area contributed by atoms with Crippen molar-refractivity contribution in [1.82, 2.24) is 13.9 Å². The molecule has 0 saturated carbocycles. The van der Waals surface area contributed by atoms with Crippen LogP contribution >= 0.6 is 11.6 Å². The standard InChI is InChI=1S/C20H22ClN3O4S/c1-4-11-24-18-10-9-14(29(26,27)23(2)3)12-17(18)22-19(24)13-28-20(25)15-7-5-6-8-16(15)21/h5-10,12H,4,11,13H2,1-3H3. The first kappa shape index (κ1) is 21.3. The molecule has 0 atom stereocenters. The van der Waals surface area contributed by atoms with Gasteiger partial charge in [-0.3, -0.25) is 0 Å². The van der Waals surface area contributed by atoms with Crippen molar-refractivity contribution in [3.05, 3.63) is 58.9 Å². The summed E-state index contributed by atoms with van der Waals surface area (Å²) >= 11 is 6.05. The zero-order valence-electron chi connectivity index (χ0n) is 16.4. The topological polar surface area (TPSA) is 81.5 Å². The van der Waals surface area contributed by atoms with Crippen LogP contribution in [0.15, 0.2) is 47.4 Å². The van der Waals surface area contributed by atoms with Crippen molar-refractivity contribution in [2.24, 2.45) is 0 Å². The fourth-order valence-electron chi connectivity index (χ4n) is 2.95. The Balaban J connectivity index is 1.93. The highest BCUT2D eigenvalue weighted by Gasteiger charge is 2.20. The summed E-state index contributed by atoms with van der Waals surface area (Å²) in [5.41, 5.74) is 1.60. The van der Waals surface area contributed by atoms with Gasteiger partial charge in [0.15, 0.2) is 0 Å². The van der Waals surface area contributed by atoms with Gasteiger partial charge in [-0.15, -0.1) is 0 Å². The molecule has 0 unspecified atom stereocenters. The van der Waals surface area contributed by atoms with E-state index >= 15 is 0 Å². The second-order valence-corrected chi connectivity index (χ2v) is 9.23. The van der Waals surface area contributed by atoms with Crippen molar-refractivity contribution in [2.75, 3.05) is 14.1 Å². The van der Waals surface area contributed by atoms with Crippen LogP contribution in [0.4, 0.5) is 0 Å². The molecule has 1 heterocycles. The third kappa shape index (κ3) is 4.29. The lowest BCUT2D eigenvalue weighted by Crippen LogP contribution is -2.22. The van der Waals surface area contributed by atoms with Gasteiger partial charge in [0.1, 0.15) is 12.4 Å². The largest absolute Gasteiger partial charge is 0.454 e. The van der Waals surface area contributed by atoms with E-state index in [1.54, 1.807) is 36.4 Å². The van der Waals surface area contributed by atoms with E-state index in [1.807, 2.05) is 11.5 Å². The first-order valence-electron chi connectivity index (χ1n) is 9.09. The number of aryl methyl sites for hydroxylation is 1. The van der Waals surface area contributed by atoms with Crippen molar-refractivity contribution in [2.45, 2.75) is 31.4 Å². The predicted molar refractivity (Wildman–Crippen MR) is 111 cm³/mol. The van der Waals surface area contributed by atoms with Gasteiger partial charge in [0, 0.05) is 20.6 Å². The van der Waals surface area contributed by atoms with Crippen LogP contribution in [0.5, 0.6) is 0 Å². The average Bonchev–Trinajstić information content (AvgIpc) is 3.03. The lowest BCUT2D eigenvalue weighted by atomic mass is 10.2. The third-order valence-electron chi connectivity index (χ3n) is 4.45. The Labute approximate surface area is 174 Å². The molecule has 0 fully saturated rings. The molecular weight excluding hydrogens is 414 g/mol. The SMILES string of the molecule is CCCn1c(COC(=O)c2ccccc2Cl)nc2cc(S(=O)(=O)N(C)C)ccc21. The molecule has 2 aromatic carbocycles. The van der Waals surface area contributed by atoms with Gasteiger partial charge in [-0.2, -0.15) is 0 Å². The minimum absolute atomic E-state index is 0.0471. The van der Waals surface area contributed by atoms with Crippen molar-refractivity contribution in [3.63, 3.8) is 0 Å². The zero-order chi connectivity index (χ0) is 21.2. The Hall–Kier alpha value is -2.42. The molecule has 0 aliphatic rings. The van der Waals surface area contributed by atoms with Crippen LogP contribution in [-0.2, 0) is 27.9 Å². The molecule has 0 radical (unpaired) electrons. The Bertz CT molecular complexity index is 1160. The van der Waals surface area contributed by atoms with Gasteiger partial charge in [-0.1, -0.05) is 30.7 Å². The maximum atomic E-state index is 12.4. The fourth-order valence-corrected chi connectivity index (χ4v) is 4.08. The van der Waals surface area contributed by atoms with Crippen molar-refractivity contribution in [3.8, 4) is 0 Å². The van der Waals surface area contributed by atoms with Crippen LogP contribution in [0, 0.1) is 0 Å². The molecule has 3 aromatic rings. The number of ether oxygens (including phenoxy) is 1. The molecule has 3 rings (SSSR count). The zero-order valence-corrected chi connectivity index (χ0v) is 18.0. The lowest BCUT2D eigenvalue weighted by Gasteiger charge is -2.11. The number of carbonyl (C=O) groups excluding carboxylic acids is 1. The van der Waals surface area contributed by atoms with Gasteiger partial charge < -0.3 is 9.30 Å². The summed E-state index contributed by atoms with van der Waals surface area (Å²) in [5.74, 6) is 0.00299. The molecule has 154 valence electrons. The number of benzene rings is 2. The number of hydrogen-bond acceptors (Lipinski definition) is 5. The number of carbonyl (C=O) groups is 1. The smallest absolute Gasteiger partial charge is 0.340 e. The van der Waals surface area contributed by atoms with Gasteiger partial charge in [0.05, 0.1) is 26.5 Å². The maximum absolute atomic E-state index is 12.4. The normalized spacial score (nSPS) is 11.9. The Morgan fingerprint density at radius 2 is 1.93 bits per heavy atom. The van der Waals surface area contributed by atoms with Crippen LogP contribution in [0.1, 0.15) is 29.5 Å². The van der Waals surface area contributed by atoms with E-state index in [4.69, 9.17) is 16.3 Å². The van der Waals surface area contributed by atoms with Crippen LogP contribution < -0.4 is 0 Å².